The lowest BCUT2D eigenvalue weighted by molar-refractivity contribution is -0.137. The third-order valence-electron chi connectivity index (χ3n) is 2.48. The van der Waals surface area contributed by atoms with Crippen molar-refractivity contribution in [3.8, 4) is 0 Å². The molecule has 2 N–H and O–H groups in total. The van der Waals surface area contributed by atoms with Gasteiger partial charge in [0, 0.05) is 18.6 Å². The number of alkyl halides is 3. The molecule has 1 rings (SSSR count). The number of aliphatic hydroxyl groups is 1. The molecule has 0 amide bonds. The molecule has 0 spiro atoms. The Morgan fingerprint density at radius 1 is 1.28 bits per heavy atom. The van der Waals surface area contributed by atoms with Gasteiger partial charge in [0.1, 0.15) is 0 Å². The van der Waals surface area contributed by atoms with Crippen LogP contribution in [0.1, 0.15) is 19.4 Å². The highest BCUT2D eigenvalue weighted by Gasteiger charge is 2.31. The number of rotatable bonds is 4. The summed E-state index contributed by atoms with van der Waals surface area (Å²) in [6.07, 6.45) is -4.40. The van der Waals surface area contributed by atoms with Crippen LogP contribution in [0.3, 0.4) is 0 Å². The molecule has 0 heterocycles. The van der Waals surface area contributed by atoms with Crippen molar-refractivity contribution in [3.05, 3.63) is 28.8 Å². The van der Waals surface area contributed by atoms with Crippen LogP contribution < -0.4 is 5.32 Å². The van der Waals surface area contributed by atoms with Crippen LogP contribution in [0.4, 0.5) is 18.9 Å². The molecule has 0 saturated carbocycles. The fourth-order valence-corrected chi connectivity index (χ4v) is 1.41. The highest BCUT2D eigenvalue weighted by molar-refractivity contribution is 6.33. The molecule has 0 saturated heterocycles. The van der Waals surface area contributed by atoms with Crippen molar-refractivity contribution < 1.29 is 18.3 Å². The van der Waals surface area contributed by atoms with Crippen LogP contribution in [-0.2, 0) is 6.18 Å². The van der Waals surface area contributed by atoms with E-state index in [1.54, 1.807) is 13.8 Å². The van der Waals surface area contributed by atoms with E-state index in [4.69, 9.17) is 16.7 Å². The lowest BCUT2D eigenvalue weighted by Crippen LogP contribution is -2.27. The normalized spacial score (nSPS) is 12.6. The first kappa shape index (κ1) is 15.1. The van der Waals surface area contributed by atoms with E-state index in [9.17, 15) is 13.2 Å². The minimum Gasteiger partial charge on any atom is -0.396 e. The lowest BCUT2D eigenvalue weighted by atomic mass is 9.95. The van der Waals surface area contributed by atoms with Crippen molar-refractivity contribution in [2.45, 2.75) is 20.0 Å². The monoisotopic (exact) mass is 281 g/mol. The van der Waals surface area contributed by atoms with Crippen LogP contribution in [0.5, 0.6) is 0 Å². The SMILES string of the molecule is CC(C)(CO)CNc1cc(C(F)(F)F)ccc1Cl. The third kappa shape index (κ3) is 4.07. The summed E-state index contributed by atoms with van der Waals surface area (Å²) in [7, 11) is 0. The zero-order chi connectivity index (χ0) is 14.0. The number of hydrogen-bond donors (Lipinski definition) is 2. The van der Waals surface area contributed by atoms with Crippen molar-refractivity contribution >= 4 is 17.3 Å². The maximum atomic E-state index is 12.5. The zero-order valence-electron chi connectivity index (χ0n) is 10.1. The molecule has 0 fully saturated rings. The fraction of sp³-hybridized carbons (Fsp3) is 0.500. The number of aliphatic hydroxyl groups excluding tert-OH is 1. The minimum atomic E-state index is -4.40. The Balaban J connectivity index is 2.89. The molecule has 2 nitrogen and oxygen atoms in total. The highest BCUT2D eigenvalue weighted by atomic mass is 35.5. The number of anilines is 1. The van der Waals surface area contributed by atoms with E-state index < -0.39 is 17.2 Å². The number of nitrogens with one attached hydrogen (secondary N) is 1. The minimum absolute atomic E-state index is 0.0728. The van der Waals surface area contributed by atoms with Crippen molar-refractivity contribution in [2.75, 3.05) is 18.5 Å². The molecule has 0 bridgehead atoms. The van der Waals surface area contributed by atoms with E-state index in [1.165, 1.54) is 6.07 Å². The second-order valence-corrected chi connectivity index (χ2v) is 5.28. The van der Waals surface area contributed by atoms with Gasteiger partial charge >= 0.3 is 6.18 Å². The standard InChI is InChI=1S/C12H15ClF3NO/c1-11(2,7-18)6-17-10-5-8(12(14,15)16)3-4-9(10)13/h3-5,17-18H,6-7H2,1-2H3. The molecule has 1 aromatic rings. The van der Waals surface area contributed by atoms with E-state index in [0.29, 0.717) is 6.54 Å². The number of hydrogen-bond acceptors (Lipinski definition) is 2. The van der Waals surface area contributed by atoms with Crippen LogP contribution in [0.25, 0.3) is 0 Å². The van der Waals surface area contributed by atoms with Crippen LogP contribution in [0.2, 0.25) is 5.02 Å². The van der Waals surface area contributed by atoms with Gasteiger partial charge in [-0.15, -0.1) is 0 Å². The molecule has 6 heteroatoms. The van der Waals surface area contributed by atoms with Gasteiger partial charge in [0.15, 0.2) is 0 Å². The van der Waals surface area contributed by atoms with E-state index in [1.807, 2.05) is 0 Å². The molecule has 18 heavy (non-hydrogen) atoms. The van der Waals surface area contributed by atoms with Gasteiger partial charge in [0.2, 0.25) is 0 Å². The summed E-state index contributed by atoms with van der Waals surface area (Å²) >= 11 is 5.83. The average molecular weight is 282 g/mol. The van der Waals surface area contributed by atoms with Gasteiger partial charge < -0.3 is 10.4 Å². The van der Waals surface area contributed by atoms with Gasteiger partial charge in [-0.25, -0.2) is 0 Å². The Bertz CT molecular complexity index is 418. The van der Waals surface area contributed by atoms with Crippen LogP contribution >= 0.6 is 11.6 Å². The van der Waals surface area contributed by atoms with Gasteiger partial charge in [-0.3, -0.25) is 0 Å². The summed E-state index contributed by atoms with van der Waals surface area (Å²) in [5.41, 5.74) is -0.971. The molecule has 0 aliphatic heterocycles. The smallest absolute Gasteiger partial charge is 0.396 e. The molecule has 0 radical (unpaired) electrons. The van der Waals surface area contributed by atoms with E-state index in [2.05, 4.69) is 5.32 Å². The molecule has 102 valence electrons. The predicted molar refractivity (Wildman–Crippen MR) is 65.8 cm³/mol. The summed E-state index contributed by atoms with van der Waals surface area (Å²) in [6, 6.07) is 3.11. The average Bonchev–Trinajstić information content (AvgIpc) is 2.26. The van der Waals surface area contributed by atoms with Crippen molar-refractivity contribution in [1.29, 1.82) is 0 Å². The predicted octanol–water partition coefficient (Wildman–Crippen LogP) is 3.79. The molecule has 0 aromatic heterocycles. The van der Waals surface area contributed by atoms with Crippen LogP contribution in [-0.4, -0.2) is 18.3 Å². The first-order valence-electron chi connectivity index (χ1n) is 5.37. The summed E-state index contributed by atoms with van der Waals surface area (Å²) in [5.74, 6) is 0. The van der Waals surface area contributed by atoms with Crippen molar-refractivity contribution in [3.63, 3.8) is 0 Å². The van der Waals surface area contributed by atoms with Crippen LogP contribution in [0, 0.1) is 5.41 Å². The second kappa shape index (κ2) is 5.36. The van der Waals surface area contributed by atoms with Crippen molar-refractivity contribution in [1.82, 2.24) is 0 Å². The summed E-state index contributed by atoms with van der Waals surface area (Å²) in [6.45, 7) is 3.84. The van der Waals surface area contributed by atoms with Gasteiger partial charge in [0.05, 0.1) is 16.3 Å². The molecule has 0 aliphatic rings. The third-order valence-corrected chi connectivity index (χ3v) is 2.81. The molecule has 0 aliphatic carbocycles. The number of halogens is 4. The topological polar surface area (TPSA) is 32.3 Å². The first-order chi connectivity index (χ1) is 8.15. The maximum absolute atomic E-state index is 12.5. The molecular formula is C12H15ClF3NO. The van der Waals surface area contributed by atoms with Gasteiger partial charge in [-0.05, 0) is 18.2 Å². The summed E-state index contributed by atoms with van der Waals surface area (Å²) < 4.78 is 37.6. The van der Waals surface area contributed by atoms with Gasteiger partial charge in [0.25, 0.3) is 0 Å². The molecule has 1 aromatic carbocycles. The summed E-state index contributed by atoms with van der Waals surface area (Å²) in [5, 5.41) is 12.1. The first-order valence-corrected chi connectivity index (χ1v) is 5.75. The highest BCUT2D eigenvalue weighted by Crippen LogP contribution is 2.34. The van der Waals surface area contributed by atoms with Crippen molar-refractivity contribution in [2.24, 2.45) is 5.41 Å². The Hall–Kier alpha value is -0.940. The fourth-order valence-electron chi connectivity index (χ4n) is 1.23. The van der Waals surface area contributed by atoms with E-state index >= 15 is 0 Å². The molecule has 0 atom stereocenters. The van der Waals surface area contributed by atoms with Gasteiger partial charge in [-0.2, -0.15) is 13.2 Å². The largest absolute Gasteiger partial charge is 0.416 e. The Morgan fingerprint density at radius 3 is 2.39 bits per heavy atom. The maximum Gasteiger partial charge on any atom is 0.416 e. The van der Waals surface area contributed by atoms with Crippen LogP contribution in [0.15, 0.2) is 18.2 Å². The lowest BCUT2D eigenvalue weighted by Gasteiger charge is -2.23. The van der Waals surface area contributed by atoms with E-state index in [0.717, 1.165) is 12.1 Å². The molecular weight excluding hydrogens is 267 g/mol. The second-order valence-electron chi connectivity index (χ2n) is 4.87. The Kier molecular flexibility index (Phi) is 4.50. The zero-order valence-corrected chi connectivity index (χ0v) is 10.9. The van der Waals surface area contributed by atoms with E-state index in [-0.39, 0.29) is 17.3 Å². The Labute approximate surface area is 109 Å². The number of benzene rings is 1. The summed E-state index contributed by atoms with van der Waals surface area (Å²) in [4.78, 5) is 0. The molecule has 0 unspecified atom stereocenters. The quantitative estimate of drug-likeness (QED) is 0.880. The Morgan fingerprint density at radius 2 is 1.89 bits per heavy atom. The van der Waals surface area contributed by atoms with Gasteiger partial charge in [-0.1, -0.05) is 25.4 Å².